The lowest BCUT2D eigenvalue weighted by molar-refractivity contribution is -0.0458. The molecule has 0 bridgehead atoms. The van der Waals surface area contributed by atoms with Gasteiger partial charge in [-0.15, -0.1) is 0 Å². The number of methoxy groups -OCH3 is 2. The molecule has 2 atom stereocenters. The van der Waals surface area contributed by atoms with Crippen molar-refractivity contribution >= 4 is 0 Å². The number of ether oxygens (including phenoxy) is 3. The number of benzene rings is 1. The molecule has 0 saturated carbocycles. The van der Waals surface area contributed by atoms with E-state index in [-0.39, 0.29) is 18.6 Å². The lowest BCUT2D eigenvalue weighted by atomic mass is 9.90. The second-order valence-electron chi connectivity index (χ2n) is 4.49. The van der Waals surface area contributed by atoms with E-state index in [1.807, 2.05) is 18.2 Å². The van der Waals surface area contributed by atoms with Crippen molar-refractivity contribution in [3.05, 3.63) is 23.8 Å². The number of hydrogen-bond donors (Lipinski definition) is 1. The summed E-state index contributed by atoms with van der Waals surface area (Å²) in [7, 11) is 3.23. The molecule has 1 saturated heterocycles. The van der Waals surface area contributed by atoms with Crippen LogP contribution in [0.2, 0.25) is 0 Å². The van der Waals surface area contributed by atoms with Crippen molar-refractivity contribution in [1.82, 2.24) is 0 Å². The third kappa shape index (κ3) is 2.60. The van der Waals surface area contributed by atoms with Crippen molar-refractivity contribution in [3.63, 3.8) is 0 Å². The summed E-state index contributed by atoms with van der Waals surface area (Å²) in [5, 5.41) is 9.41. The van der Waals surface area contributed by atoms with Crippen LogP contribution in [0.5, 0.6) is 11.5 Å². The molecule has 0 aromatic heterocycles. The van der Waals surface area contributed by atoms with E-state index in [1.54, 1.807) is 14.2 Å². The molecular weight excluding hydrogens is 232 g/mol. The normalized spacial score (nSPS) is 23.7. The summed E-state index contributed by atoms with van der Waals surface area (Å²) in [6, 6.07) is 5.78. The van der Waals surface area contributed by atoms with Crippen molar-refractivity contribution < 1.29 is 19.3 Å². The first-order valence-electron chi connectivity index (χ1n) is 6.24. The van der Waals surface area contributed by atoms with Gasteiger partial charge < -0.3 is 19.3 Å². The predicted octanol–water partition coefficient (Wildman–Crippen LogP) is 2.16. The zero-order chi connectivity index (χ0) is 13.0. The smallest absolute Gasteiger partial charge is 0.161 e. The van der Waals surface area contributed by atoms with Crippen molar-refractivity contribution in [2.24, 2.45) is 5.92 Å². The van der Waals surface area contributed by atoms with Crippen LogP contribution in [0, 0.1) is 5.92 Å². The Morgan fingerprint density at radius 1 is 1.28 bits per heavy atom. The van der Waals surface area contributed by atoms with Crippen LogP contribution < -0.4 is 9.47 Å². The van der Waals surface area contributed by atoms with Gasteiger partial charge in [-0.05, 0) is 30.5 Å². The molecule has 1 aromatic rings. The monoisotopic (exact) mass is 252 g/mol. The molecule has 1 aliphatic rings. The Kier molecular flexibility index (Phi) is 4.44. The van der Waals surface area contributed by atoms with Crippen molar-refractivity contribution in [1.29, 1.82) is 0 Å². The van der Waals surface area contributed by atoms with Gasteiger partial charge in [-0.25, -0.2) is 0 Å². The Balaban J connectivity index is 2.26. The predicted molar refractivity (Wildman–Crippen MR) is 68.0 cm³/mol. The van der Waals surface area contributed by atoms with Crippen LogP contribution in [0.4, 0.5) is 0 Å². The maximum atomic E-state index is 9.41. The first-order chi connectivity index (χ1) is 8.80. The van der Waals surface area contributed by atoms with Crippen LogP contribution >= 0.6 is 0 Å². The SMILES string of the molecule is COc1ccc(C2OCCCC2CO)cc1OC. The summed E-state index contributed by atoms with van der Waals surface area (Å²) < 4.78 is 16.3. The van der Waals surface area contributed by atoms with Gasteiger partial charge in [-0.3, -0.25) is 0 Å². The molecule has 0 aliphatic carbocycles. The molecule has 18 heavy (non-hydrogen) atoms. The van der Waals surface area contributed by atoms with Crippen LogP contribution in [-0.4, -0.2) is 32.5 Å². The summed E-state index contributed by atoms with van der Waals surface area (Å²) in [6.07, 6.45) is 1.95. The average molecular weight is 252 g/mol. The average Bonchev–Trinajstić information content (AvgIpc) is 2.46. The van der Waals surface area contributed by atoms with Gasteiger partial charge in [-0.2, -0.15) is 0 Å². The van der Waals surface area contributed by atoms with Crippen molar-refractivity contribution in [2.45, 2.75) is 18.9 Å². The zero-order valence-corrected chi connectivity index (χ0v) is 10.9. The lowest BCUT2D eigenvalue weighted by Gasteiger charge is -2.31. The summed E-state index contributed by atoms with van der Waals surface area (Å²) in [5.74, 6) is 1.57. The minimum absolute atomic E-state index is 0.0523. The van der Waals surface area contributed by atoms with E-state index in [2.05, 4.69) is 0 Å². The van der Waals surface area contributed by atoms with Crippen LogP contribution in [0.3, 0.4) is 0 Å². The van der Waals surface area contributed by atoms with Gasteiger partial charge in [-0.1, -0.05) is 6.07 Å². The highest BCUT2D eigenvalue weighted by Crippen LogP contribution is 2.37. The second kappa shape index (κ2) is 6.07. The highest BCUT2D eigenvalue weighted by Gasteiger charge is 2.27. The molecule has 4 heteroatoms. The van der Waals surface area contributed by atoms with Gasteiger partial charge in [0.2, 0.25) is 0 Å². The standard InChI is InChI=1S/C14H20O4/c1-16-12-6-5-10(8-13(12)17-2)14-11(9-15)4-3-7-18-14/h5-6,8,11,14-15H,3-4,7,9H2,1-2H3. The van der Waals surface area contributed by atoms with E-state index in [0.717, 1.165) is 25.0 Å². The summed E-state index contributed by atoms with van der Waals surface area (Å²) >= 11 is 0. The van der Waals surface area contributed by atoms with Gasteiger partial charge in [0.15, 0.2) is 11.5 Å². The van der Waals surface area contributed by atoms with E-state index in [4.69, 9.17) is 14.2 Å². The first kappa shape index (κ1) is 13.2. The summed E-state index contributed by atoms with van der Waals surface area (Å²) in [4.78, 5) is 0. The van der Waals surface area contributed by atoms with Gasteiger partial charge in [0, 0.05) is 19.1 Å². The fourth-order valence-corrected chi connectivity index (χ4v) is 2.43. The van der Waals surface area contributed by atoms with E-state index in [9.17, 15) is 5.11 Å². The molecule has 0 radical (unpaired) electrons. The van der Waals surface area contributed by atoms with E-state index >= 15 is 0 Å². The van der Waals surface area contributed by atoms with Gasteiger partial charge in [0.25, 0.3) is 0 Å². The summed E-state index contributed by atoms with van der Waals surface area (Å²) in [6.45, 7) is 0.897. The maximum absolute atomic E-state index is 9.41. The molecule has 1 fully saturated rings. The Morgan fingerprint density at radius 2 is 2.06 bits per heavy atom. The van der Waals surface area contributed by atoms with Gasteiger partial charge in [0.05, 0.1) is 20.3 Å². The Morgan fingerprint density at radius 3 is 2.72 bits per heavy atom. The first-order valence-corrected chi connectivity index (χ1v) is 6.24. The topological polar surface area (TPSA) is 47.9 Å². The molecule has 1 aliphatic heterocycles. The minimum atomic E-state index is -0.0523. The van der Waals surface area contributed by atoms with Gasteiger partial charge >= 0.3 is 0 Å². The summed E-state index contributed by atoms with van der Waals surface area (Å²) in [5.41, 5.74) is 1.03. The quantitative estimate of drug-likeness (QED) is 0.892. The Bertz CT molecular complexity index is 391. The number of rotatable bonds is 4. The Labute approximate surface area is 107 Å². The van der Waals surface area contributed by atoms with Gasteiger partial charge in [0.1, 0.15) is 0 Å². The highest BCUT2D eigenvalue weighted by atomic mass is 16.5. The number of hydrogen-bond acceptors (Lipinski definition) is 4. The maximum Gasteiger partial charge on any atom is 0.161 e. The third-order valence-corrected chi connectivity index (χ3v) is 3.42. The fourth-order valence-electron chi connectivity index (χ4n) is 2.43. The largest absolute Gasteiger partial charge is 0.493 e. The van der Waals surface area contributed by atoms with Crippen molar-refractivity contribution in [3.8, 4) is 11.5 Å². The van der Waals surface area contributed by atoms with Crippen LogP contribution in [0.15, 0.2) is 18.2 Å². The molecule has 2 rings (SSSR count). The van der Waals surface area contributed by atoms with Crippen molar-refractivity contribution in [2.75, 3.05) is 27.4 Å². The molecular formula is C14H20O4. The molecule has 0 spiro atoms. The molecule has 1 N–H and O–H groups in total. The third-order valence-electron chi connectivity index (χ3n) is 3.42. The van der Waals surface area contributed by atoms with E-state index in [1.165, 1.54) is 0 Å². The zero-order valence-electron chi connectivity index (χ0n) is 10.9. The van der Waals surface area contributed by atoms with E-state index < -0.39 is 0 Å². The lowest BCUT2D eigenvalue weighted by Crippen LogP contribution is -2.25. The molecule has 100 valence electrons. The number of aliphatic hydroxyl groups is 1. The molecule has 2 unspecified atom stereocenters. The Hall–Kier alpha value is -1.26. The van der Waals surface area contributed by atoms with Crippen LogP contribution in [0.1, 0.15) is 24.5 Å². The van der Waals surface area contributed by atoms with E-state index in [0.29, 0.717) is 11.5 Å². The second-order valence-corrected chi connectivity index (χ2v) is 4.49. The molecule has 1 aromatic carbocycles. The highest BCUT2D eigenvalue weighted by molar-refractivity contribution is 5.43. The fraction of sp³-hybridized carbons (Fsp3) is 0.571. The minimum Gasteiger partial charge on any atom is -0.493 e. The van der Waals surface area contributed by atoms with Crippen LogP contribution in [0.25, 0.3) is 0 Å². The molecule has 1 heterocycles. The molecule has 0 amide bonds. The number of aliphatic hydroxyl groups excluding tert-OH is 1. The molecule has 4 nitrogen and oxygen atoms in total. The van der Waals surface area contributed by atoms with Crippen LogP contribution in [-0.2, 0) is 4.74 Å².